The van der Waals surface area contributed by atoms with E-state index in [0.717, 1.165) is 56.4 Å². The molecule has 1 saturated carbocycles. The van der Waals surface area contributed by atoms with Crippen LogP contribution in [0.5, 0.6) is 5.75 Å². The van der Waals surface area contributed by atoms with Crippen molar-refractivity contribution >= 4 is 33.7 Å². The molecule has 0 unspecified atom stereocenters. The first-order valence-electron chi connectivity index (χ1n) is 16.7. The van der Waals surface area contributed by atoms with Gasteiger partial charge in [0.15, 0.2) is 11.5 Å². The lowest BCUT2D eigenvalue weighted by Crippen LogP contribution is -2.25. The van der Waals surface area contributed by atoms with E-state index in [-0.39, 0.29) is 11.8 Å². The number of fused-ring (bicyclic) bond motifs is 2. The van der Waals surface area contributed by atoms with Crippen LogP contribution < -0.4 is 10.1 Å². The second-order valence-electron chi connectivity index (χ2n) is 12.7. The summed E-state index contributed by atoms with van der Waals surface area (Å²) in [5, 5.41) is 10.6. The second kappa shape index (κ2) is 13.1. The molecule has 244 valence electrons. The average Bonchev–Trinajstić information content (AvgIpc) is 3.88. The van der Waals surface area contributed by atoms with Crippen molar-refractivity contribution in [3.63, 3.8) is 0 Å². The summed E-state index contributed by atoms with van der Waals surface area (Å²) >= 11 is 0. The van der Waals surface area contributed by atoms with Gasteiger partial charge in [0.2, 0.25) is 5.91 Å². The molecule has 3 N–H and O–H groups in total. The fourth-order valence-corrected chi connectivity index (χ4v) is 6.84. The number of aromatic amines is 2. The van der Waals surface area contributed by atoms with Crippen LogP contribution in [0.3, 0.4) is 0 Å². The van der Waals surface area contributed by atoms with Crippen molar-refractivity contribution in [2.75, 3.05) is 31.6 Å². The minimum atomic E-state index is -0.390. The molecule has 1 aliphatic carbocycles. The van der Waals surface area contributed by atoms with Gasteiger partial charge >= 0.3 is 0 Å². The number of ether oxygens (including phenoxy) is 1. The minimum absolute atomic E-state index is 0.0471. The van der Waals surface area contributed by atoms with Crippen LogP contribution in [0.1, 0.15) is 44.9 Å². The number of H-pyrrole nitrogens is 2. The number of anilines is 1. The molecule has 1 amide bonds. The quantitative estimate of drug-likeness (QED) is 0.157. The Labute approximate surface area is 276 Å². The lowest BCUT2D eigenvalue weighted by molar-refractivity contribution is -0.120. The number of pyridine rings is 3. The topological polar surface area (TPSA) is 138 Å². The second-order valence-corrected chi connectivity index (χ2v) is 12.7. The first-order valence-corrected chi connectivity index (χ1v) is 16.7. The van der Waals surface area contributed by atoms with Gasteiger partial charge in [0.25, 0.3) is 0 Å². The van der Waals surface area contributed by atoms with E-state index in [9.17, 15) is 9.18 Å². The number of rotatable bonds is 9. The monoisotopic (exact) mass is 645 g/mol. The molecular formula is C36H36FN9O2. The third-order valence-electron chi connectivity index (χ3n) is 9.36. The Morgan fingerprint density at radius 1 is 0.896 bits per heavy atom. The Morgan fingerprint density at radius 3 is 2.62 bits per heavy atom. The molecule has 2 aliphatic rings. The summed E-state index contributed by atoms with van der Waals surface area (Å²) in [5.74, 6) is 0.677. The number of imidazole rings is 1. The minimum Gasteiger partial charge on any atom is -0.492 e. The number of nitrogens with zero attached hydrogens (tertiary/aromatic N) is 6. The van der Waals surface area contributed by atoms with Crippen molar-refractivity contribution in [2.45, 2.75) is 44.9 Å². The SMILES string of the molecule is O=C(Nc1cncc(-c2ccc3[nH]nc(-c4nc5c(-c6cc(F)cc(OCCN7CCCC7)c6)cncc5[nH]4)c3n2)c1)C1CCCCC1. The molecule has 0 spiro atoms. The number of aromatic nitrogens is 7. The van der Waals surface area contributed by atoms with E-state index < -0.39 is 5.82 Å². The maximum Gasteiger partial charge on any atom is 0.227 e. The third-order valence-corrected chi connectivity index (χ3v) is 9.36. The normalized spacial score (nSPS) is 15.8. The van der Waals surface area contributed by atoms with Crippen LogP contribution in [0.25, 0.3) is 56.0 Å². The van der Waals surface area contributed by atoms with Crippen LogP contribution >= 0.6 is 0 Å². The summed E-state index contributed by atoms with van der Waals surface area (Å²) in [6, 6.07) is 10.4. The maximum atomic E-state index is 14.8. The number of benzene rings is 1. The summed E-state index contributed by atoms with van der Waals surface area (Å²) < 4.78 is 20.8. The Balaban J connectivity index is 1.07. The van der Waals surface area contributed by atoms with Crippen molar-refractivity contribution < 1.29 is 13.9 Å². The lowest BCUT2D eigenvalue weighted by Gasteiger charge is -2.20. The number of halogens is 1. The predicted octanol–water partition coefficient (Wildman–Crippen LogP) is 6.76. The zero-order valence-electron chi connectivity index (χ0n) is 26.5. The lowest BCUT2D eigenvalue weighted by atomic mass is 9.88. The predicted molar refractivity (Wildman–Crippen MR) is 182 cm³/mol. The van der Waals surface area contributed by atoms with E-state index in [2.05, 4.69) is 35.4 Å². The summed E-state index contributed by atoms with van der Waals surface area (Å²) in [7, 11) is 0. The molecule has 5 aromatic heterocycles. The van der Waals surface area contributed by atoms with Crippen molar-refractivity contribution in [1.29, 1.82) is 0 Å². The molecule has 1 aliphatic heterocycles. The number of hydrogen-bond acceptors (Lipinski definition) is 8. The molecule has 6 aromatic rings. The summed E-state index contributed by atoms with van der Waals surface area (Å²) in [6.45, 7) is 3.48. The average molecular weight is 646 g/mol. The highest BCUT2D eigenvalue weighted by Crippen LogP contribution is 2.33. The number of amides is 1. The molecule has 0 radical (unpaired) electrons. The van der Waals surface area contributed by atoms with E-state index in [1.165, 1.54) is 31.4 Å². The van der Waals surface area contributed by atoms with E-state index in [1.54, 1.807) is 24.8 Å². The van der Waals surface area contributed by atoms with Gasteiger partial charge in [-0.1, -0.05) is 19.3 Å². The third kappa shape index (κ3) is 6.23. The van der Waals surface area contributed by atoms with Gasteiger partial charge in [0.05, 0.1) is 40.3 Å². The molecule has 6 heterocycles. The Kier molecular flexibility index (Phi) is 8.23. The van der Waals surface area contributed by atoms with Gasteiger partial charge in [0, 0.05) is 42.0 Å². The van der Waals surface area contributed by atoms with E-state index in [1.807, 2.05) is 24.3 Å². The molecule has 12 heteroatoms. The Hall–Kier alpha value is -5.23. The molecule has 1 saturated heterocycles. The first kappa shape index (κ1) is 30.1. The van der Waals surface area contributed by atoms with Crippen molar-refractivity contribution in [1.82, 2.24) is 40.0 Å². The van der Waals surface area contributed by atoms with E-state index >= 15 is 0 Å². The number of carbonyl (C=O) groups excluding carboxylic acids is 1. The van der Waals surface area contributed by atoms with Crippen LogP contribution in [-0.4, -0.2) is 72.2 Å². The van der Waals surface area contributed by atoms with E-state index in [4.69, 9.17) is 14.7 Å². The zero-order valence-corrected chi connectivity index (χ0v) is 26.5. The Morgan fingerprint density at radius 2 is 1.75 bits per heavy atom. The summed E-state index contributed by atoms with van der Waals surface area (Å²) in [4.78, 5) is 37.2. The first-order chi connectivity index (χ1) is 23.6. The van der Waals surface area contributed by atoms with Crippen LogP contribution in [-0.2, 0) is 4.79 Å². The summed E-state index contributed by atoms with van der Waals surface area (Å²) in [5.41, 5.74) is 6.60. The highest BCUT2D eigenvalue weighted by atomic mass is 19.1. The largest absolute Gasteiger partial charge is 0.492 e. The molecule has 11 nitrogen and oxygen atoms in total. The maximum absolute atomic E-state index is 14.8. The molecule has 0 bridgehead atoms. The van der Waals surface area contributed by atoms with Crippen LogP contribution in [0, 0.1) is 11.7 Å². The van der Waals surface area contributed by atoms with Crippen LogP contribution in [0.2, 0.25) is 0 Å². The van der Waals surface area contributed by atoms with Crippen LogP contribution in [0.15, 0.2) is 61.2 Å². The van der Waals surface area contributed by atoms with Crippen molar-refractivity contribution in [3.05, 3.63) is 67.0 Å². The fourth-order valence-electron chi connectivity index (χ4n) is 6.84. The van der Waals surface area contributed by atoms with Crippen molar-refractivity contribution in [3.8, 4) is 39.7 Å². The number of hydrogen-bond donors (Lipinski definition) is 3. The van der Waals surface area contributed by atoms with Gasteiger partial charge in [-0.15, -0.1) is 0 Å². The van der Waals surface area contributed by atoms with Crippen LogP contribution in [0.4, 0.5) is 10.1 Å². The molecule has 8 rings (SSSR count). The van der Waals surface area contributed by atoms with Gasteiger partial charge in [-0.2, -0.15) is 5.10 Å². The molecule has 0 atom stereocenters. The van der Waals surface area contributed by atoms with Gasteiger partial charge in [-0.25, -0.2) is 14.4 Å². The molecule has 48 heavy (non-hydrogen) atoms. The van der Waals surface area contributed by atoms with Gasteiger partial charge in [-0.05, 0) is 74.7 Å². The molecular weight excluding hydrogens is 609 g/mol. The standard InChI is InChI=1S/C36H36FN9O2/c37-25-14-23(16-27(17-25)48-13-12-46-10-4-5-11-46)28-20-39-21-31-32(28)43-35(42-31)34-33-30(44-45-34)9-8-29(41-33)24-15-26(19-38-18-24)40-36(47)22-6-2-1-3-7-22/h8-9,14-22H,1-7,10-13H2,(H,40,47)(H,42,43)(H,44,45). The zero-order chi connectivity index (χ0) is 32.5. The van der Waals surface area contributed by atoms with Gasteiger partial charge < -0.3 is 15.0 Å². The Bertz CT molecular complexity index is 2100. The fraction of sp³-hybridized carbons (Fsp3) is 0.333. The van der Waals surface area contributed by atoms with Crippen molar-refractivity contribution in [2.24, 2.45) is 5.92 Å². The van der Waals surface area contributed by atoms with E-state index in [0.29, 0.717) is 62.9 Å². The van der Waals surface area contributed by atoms with Gasteiger partial charge in [-0.3, -0.25) is 24.8 Å². The number of likely N-dealkylation sites (tertiary alicyclic amines) is 1. The highest BCUT2D eigenvalue weighted by Gasteiger charge is 2.22. The molecule has 1 aromatic carbocycles. The van der Waals surface area contributed by atoms with Gasteiger partial charge in [0.1, 0.15) is 23.7 Å². The highest BCUT2D eigenvalue weighted by molar-refractivity contribution is 5.96. The summed E-state index contributed by atoms with van der Waals surface area (Å²) in [6.07, 6.45) is 14.4. The number of nitrogens with one attached hydrogen (secondary N) is 3. The molecule has 2 fully saturated rings. The smallest absolute Gasteiger partial charge is 0.227 e. The number of carbonyl (C=O) groups is 1.